The normalized spacial score (nSPS) is 11.0. The number of hydrogen-bond acceptors (Lipinski definition) is 5. The number of H-pyrrole nitrogens is 1. The number of aromatic nitrogens is 2. The highest BCUT2D eigenvalue weighted by Crippen LogP contribution is 2.23. The van der Waals surface area contributed by atoms with Gasteiger partial charge in [-0.1, -0.05) is 18.7 Å². The van der Waals surface area contributed by atoms with Crippen LogP contribution < -0.4 is 5.56 Å². The number of aliphatic carboxylic acids is 1. The van der Waals surface area contributed by atoms with E-state index in [2.05, 4.69) is 9.97 Å². The van der Waals surface area contributed by atoms with E-state index in [1.807, 2.05) is 13.0 Å². The summed E-state index contributed by atoms with van der Waals surface area (Å²) in [6.07, 6.45) is 1.59. The van der Waals surface area contributed by atoms with E-state index in [4.69, 9.17) is 5.11 Å². The molecule has 2 heterocycles. The fourth-order valence-corrected chi connectivity index (χ4v) is 3.43. The molecule has 0 saturated carbocycles. The van der Waals surface area contributed by atoms with Crippen LogP contribution in [-0.4, -0.2) is 26.8 Å². The summed E-state index contributed by atoms with van der Waals surface area (Å²) in [6.45, 7) is 2.04. The van der Waals surface area contributed by atoms with Gasteiger partial charge in [0.2, 0.25) is 0 Å². The number of nitrogens with zero attached hydrogens (tertiary/aromatic N) is 1. The highest BCUT2D eigenvalue weighted by atomic mass is 32.2. The molecule has 0 spiro atoms. The standard InChI is InChI=1S/C12H14N2O3S2/c1-2-7-6-8-10(17)13-12(14-11(8)19-7)18-5-3-4-9(15)16/h6H,2-5H2,1H3,(H,15,16)(H,13,14,17). The molecular weight excluding hydrogens is 284 g/mol. The van der Waals surface area contributed by atoms with Crippen LogP contribution in [0.1, 0.15) is 24.6 Å². The lowest BCUT2D eigenvalue weighted by atomic mass is 10.3. The molecule has 2 N–H and O–H groups in total. The van der Waals surface area contributed by atoms with Crippen LogP contribution >= 0.6 is 23.1 Å². The third-order valence-corrected chi connectivity index (χ3v) is 4.69. The number of nitrogens with one attached hydrogen (secondary N) is 1. The van der Waals surface area contributed by atoms with Gasteiger partial charge in [0.25, 0.3) is 5.56 Å². The Morgan fingerprint density at radius 2 is 2.37 bits per heavy atom. The summed E-state index contributed by atoms with van der Waals surface area (Å²) >= 11 is 2.92. The van der Waals surface area contributed by atoms with Crippen molar-refractivity contribution in [3.8, 4) is 0 Å². The smallest absolute Gasteiger partial charge is 0.303 e. The zero-order valence-electron chi connectivity index (χ0n) is 10.4. The summed E-state index contributed by atoms with van der Waals surface area (Å²) in [4.78, 5) is 31.3. The van der Waals surface area contributed by atoms with Gasteiger partial charge in [0.15, 0.2) is 5.16 Å². The van der Waals surface area contributed by atoms with Crippen LogP contribution in [-0.2, 0) is 11.2 Å². The monoisotopic (exact) mass is 298 g/mol. The van der Waals surface area contributed by atoms with E-state index in [0.717, 1.165) is 16.1 Å². The molecule has 0 saturated heterocycles. The molecule has 102 valence electrons. The van der Waals surface area contributed by atoms with Crippen molar-refractivity contribution in [2.45, 2.75) is 31.3 Å². The summed E-state index contributed by atoms with van der Waals surface area (Å²) in [7, 11) is 0. The van der Waals surface area contributed by atoms with Crippen molar-refractivity contribution in [2.24, 2.45) is 0 Å². The number of aryl methyl sites for hydroxylation is 1. The Balaban J connectivity index is 2.11. The Bertz CT molecular complexity index is 648. The Kier molecular flexibility index (Phi) is 4.60. The molecule has 7 heteroatoms. The van der Waals surface area contributed by atoms with Crippen LogP contribution in [0, 0.1) is 0 Å². The molecule has 0 fully saturated rings. The quantitative estimate of drug-likeness (QED) is 0.486. The highest BCUT2D eigenvalue weighted by Gasteiger charge is 2.08. The molecule has 5 nitrogen and oxygen atoms in total. The molecule has 0 bridgehead atoms. The maximum absolute atomic E-state index is 11.9. The fraction of sp³-hybridized carbons (Fsp3) is 0.417. The van der Waals surface area contributed by atoms with Crippen LogP contribution in [0.3, 0.4) is 0 Å². The van der Waals surface area contributed by atoms with Crippen LogP contribution in [0.15, 0.2) is 16.0 Å². The number of hydrogen-bond donors (Lipinski definition) is 2. The van der Waals surface area contributed by atoms with Crippen molar-refractivity contribution in [3.63, 3.8) is 0 Å². The Morgan fingerprint density at radius 1 is 1.58 bits per heavy atom. The predicted octanol–water partition coefficient (Wildman–Crippen LogP) is 2.50. The van der Waals surface area contributed by atoms with Gasteiger partial charge in [0, 0.05) is 17.1 Å². The molecule has 0 aliphatic heterocycles. The third-order valence-electron chi connectivity index (χ3n) is 2.55. The number of rotatable bonds is 6. The number of thioether (sulfide) groups is 1. The number of carboxylic acid groups (broad SMARTS) is 1. The first-order valence-electron chi connectivity index (χ1n) is 5.97. The first-order chi connectivity index (χ1) is 9.10. The maximum atomic E-state index is 11.9. The fourth-order valence-electron chi connectivity index (χ4n) is 1.60. The van der Waals surface area contributed by atoms with Crippen molar-refractivity contribution in [3.05, 3.63) is 21.3 Å². The molecule has 0 atom stereocenters. The minimum atomic E-state index is -0.802. The highest BCUT2D eigenvalue weighted by molar-refractivity contribution is 7.99. The number of carbonyl (C=O) groups is 1. The Hall–Kier alpha value is -1.34. The van der Waals surface area contributed by atoms with Crippen molar-refractivity contribution < 1.29 is 9.90 Å². The van der Waals surface area contributed by atoms with Crippen LogP contribution in [0.2, 0.25) is 0 Å². The number of thiophene rings is 1. The molecule has 2 rings (SSSR count). The lowest BCUT2D eigenvalue weighted by molar-refractivity contribution is -0.137. The topological polar surface area (TPSA) is 83.0 Å². The molecule has 0 aromatic carbocycles. The van der Waals surface area contributed by atoms with Gasteiger partial charge in [-0.25, -0.2) is 4.98 Å². The molecule has 0 amide bonds. The van der Waals surface area contributed by atoms with Gasteiger partial charge < -0.3 is 10.1 Å². The van der Waals surface area contributed by atoms with E-state index in [0.29, 0.717) is 22.7 Å². The van der Waals surface area contributed by atoms with E-state index in [-0.39, 0.29) is 12.0 Å². The van der Waals surface area contributed by atoms with E-state index >= 15 is 0 Å². The molecule has 2 aromatic heterocycles. The molecule has 19 heavy (non-hydrogen) atoms. The van der Waals surface area contributed by atoms with E-state index in [1.54, 1.807) is 0 Å². The maximum Gasteiger partial charge on any atom is 0.303 e. The molecule has 2 aromatic rings. The summed E-state index contributed by atoms with van der Waals surface area (Å²) in [5.74, 6) is -0.171. The Labute approximate surface area is 118 Å². The average Bonchev–Trinajstić information content (AvgIpc) is 2.78. The molecule has 0 radical (unpaired) electrons. The first-order valence-corrected chi connectivity index (χ1v) is 7.77. The Morgan fingerprint density at radius 3 is 3.05 bits per heavy atom. The molecule has 0 unspecified atom stereocenters. The second-order valence-corrected chi connectivity index (χ2v) is 6.20. The minimum absolute atomic E-state index is 0.123. The predicted molar refractivity (Wildman–Crippen MR) is 77.2 cm³/mol. The van der Waals surface area contributed by atoms with Crippen molar-refractivity contribution >= 4 is 39.3 Å². The largest absolute Gasteiger partial charge is 0.481 e. The summed E-state index contributed by atoms with van der Waals surface area (Å²) < 4.78 is 0. The van der Waals surface area contributed by atoms with E-state index in [1.165, 1.54) is 23.1 Å². The second kappa shape index (κ2) is 6.21. The van der Waals surface area contributed by atoms with E-state index < -0.39 is 5.97 Å². The molecule has 0 aliphatic rings. The molecular formula is C12H14N2O3S2. The van der Waals surface area contributed by atoms with E-state index in [9.17, 15) is 9.59 Å². The van der Waals surface area contributed by atoms with Crippen molar-refractivity contribution in [2.75, 3.05) is 5.75 Å². The van der Waals surface area contributed by atoms with Crippen LogP contribution in [0.5, 0.6) is 0 Å². The number of aromatic amines is 1. The zero-order valence-corrected chi connectivity index (χ0v) is 12.1. The molecule has 0 aliphatic carbocycles. The van der Waals surface area contributed by atoms with Gasteiger partial charge >= 0.3 is 5.97 Å². The number of carboxylic acids is 1. The summed E-state index contributed by atoms with van der Waals surface area (Å²) in [5, 5.41) is 9.74. The van der Waals surface area contributed by atoms with Crippen LogP contribution in [0.25, 0.3) is 10.2 Å². The van der Waals surface area contributed by atoms with Gasteiger partial charge in [-0.3, -0.25) is 9.59 Å². The van der Waals surface area contributed by atoms with Gasteiger partial charge in [-0.2, -0.15) is 0 Å². The summed E-state index contributed by atoms with van der Waals surface area (Å²) in [5.41, 5.74) is -0.123. The first kappa shape index (κ1) is 14.1. The van der Waals surface area contributed by atoms with Crippen molar-refractivity contribution in [1.82, 2.24) is 9.97 Å². The lowest BCUT2D eigenvalue weighted by Gasteiger charge is -1.99. The number of fused-ring (bicyclic) bond motifs is 1. The van der Waals surface area contributed by atoms with Gasteiger partial charge in [-0.05, 0) is 18.9 Å². The third kappa shape index (κ3) is 3.57. The van der Waals surface area contributed by atoms with Crippen molar-refractivity contribution in [1.29, 1.82) is 0 Å². The van der Waals surface area contributed by atoms with Gasteiger partial charge in [-0.15, -0.1) is 11.3 Å². The second-order valence-electron chi connectivity index (χ2n) is 4.00. The lowest BCUT2D eigenvalue weighted by Crippen LogP contribution is -2.07. The zero-order chi connectivity index (χ0) is 13.8. The van der Waals surface area contributed by atoms with Crippen LogP contribution in [0.4, 0.5) is 0 Å². The van der Waals surface area contributed by atoms with Gasteiger partial charge in [0.05, 0.1) is 5.39 Å². The van der Waals surface area contributed by atoms with Gasteiger partial charge in [0.1, 0.15) is 4.83 Å². The summed E-state index contributed by atoms with van der Waals surface area (Å²) in [6, 6.07) is 1.88. The average molecular weight is 298 g/mol. The SMILES string of the molecule is CCc1cc2c(=O)[nH]c(SCCCC(=O)O)nc2s1. The minimum Gasteiger partial charge on any atom is -0.481 e.